The normalized spacial score (nSPS) is 17.6. The molecule has 0 amide bonds. The Balaban J connectivity index is 1.48. The summed E-state index contributed by atoms with van der Waals surface area (Å²) in [4.78, 5) is 4.57. The fourth-order valence-electron chi connectivity index (χ4n) is 3.91. The fourth-order valence-corrected chi connectivity index (χ4v) is 5.55. The number of halogens is 1. The lowest BCUT2D eigenvalue weighted by atomic mass is 9.96. The first kappa shape index (κ1) is 21.5. The van der Waals surface area contributed by atoms with Gasteiger partial charge in [-0.2, -0.15) is 9.29 Å². The summed E-state index contributed by atoms with van der Waals surface area (Å²) in [5.74, 6) is 0.846. The Kier molecular flexibility index (Phi) is 6.06. The Hall–Kier alpha value is -2.78. The van der Waals surface area contributed by atoms with Crippen LogP contribution in [0.15, 0.2) is 51.9 Å². The number of rotatable bonds is 6. The maximum atomic E-state index is 14.0. The second-order valence-corrected chi connectivity index (χ2v) is 9.64. The molecule has 0 spiro atoms. The third-order valence-corrected chi connectivity index (χ3v) is 7.39. The molecule has 1 aliphatic heterocycles. The first-order chi connectivity index (χ1) is 14.9. The largest absolute Gasteiger partial charge is 0.496 e. The number of nitrogens with zero attached hydrogens (tertiary/aromatic N) is 3. The minimum absolute atomic E-state index is 0.0387. The topological polar surface area (TPSA) is 85.5 Å². The van der Waals surface area contributed by atoms with Gasteiger partial charge in [0.2, 0.25) is 21.7 Å². The van der Waals surface area contributed by atoms with Crippen LogP contribution in [0.3, 0.4) is 0 Å². The molecule has 7 nitrogen and oxygen atoms in total. The summed E-state index contributed by atoms with van der Waals surface area (Å²) in [5.41, 5.74) is 1.05. The molecule has 0 bridgehead atoms. The minimum Gasteiger partial charge on any atom is -0.496 e. The van der Waals surface area contributed by atoms with Crippen molar-refractivity contribution in [3.05, 3.63) is 59.7 Å². The van der Waals surface area contributed by atoms with Gasteiger partial charge in [-0.1, -0.05) is 17.3 Å². The number of aromatic nitrogens is 2. The molecule has 0 aliphatic carbocycles. The number of ether oxygens (including phenoxy) is 1. The third-order valence-electron chi connectivity index (χ3n) is 5.53. The molecule has 0 radical (unpaired) electrons. The van der Waals surface area contributed by atoms with Gasteiger partial charge in [0.1, 0.15) is 11.6 Å². The quantitative estimate of drug-likeness (QED) is 0.573. The first-order valence-corrected chi connectivity index (χ1v) is 11.5. The summed E-state index contributed by atoms with van der Waals surface area (Å²) in [7, 11) is -2.06. The molecule has 4 rings (SSSR count). The standard InChI is InChI=1S/C22H24FN3O4S/c1-15-12-17(9-10-20(15)29-2)31(27,28)26-11-5-6-16(14-26)13-21-24-22(25-30-21)18-7-3-4-8-19(18)23/h3-4,7-10,12,16H,5-6,11,13-14H2,1-2H3. The number of aryl methyl sites for hydroxylation is 1. The Morgan fingerprint density at radius 3 is 2.81 bits per heavy atom. The zero-order valence-corrected chi connectivity index (χ0v) is 18.2. The Morgan fingerprint density at radius 2 is 2.06 bits per heavy atom. The highest BCUT2D eigenvalue weighted by Gasteiger charge is 2.31. The summed E-state index contributed by atoms with van der Waals surface area (Å²) >= 11 is 0. The SMILES string of the molecule is COc1ccc(S(=O)(=O)N2CCCC(Cc3nc(-c4ccccc4F)no3)C2)cc1C. The molecular weight excluding hydrogens is 421 g/mol. The van der Waals surface area contributed by atoms with E-state index in [1.54, 1.807) is 43.5 Å². The van der Waals surface area contributed by atoms with Crippen LogP contribution in [-0.2, 0) is 16.4 Å². The van der Waals surface area contributed by atoms with Crippen molar-refractivity contribution in [2.24, 2.45) is 5.92 Å². The number of sulfonamides is 1. The number of benzene rings is 2. The Labute approximate surface area is 180 Å². The van der Waals surface area contributed by atoms with Gasteiger partial charge < -0.3 is 9.26 Å². The highest BCUT2D eigenvalue weighted by atomic mass is 32.2. The zero-order valence-electron chi connectivity index (χ0n) is 17.4. The molecule has 2 aromatic carbocycles. The van der Waals surface area contributed by atoms with E-state index in [9.17, 15) is 12.8 Å². The number of methoxy groups -OCH3 is 1. The monoisotopic (exact) mass is 445 g/mol. The predicted molar refractivity (Wildman–Crippen MR) is 113 cm³/mol. The lowest BCUT2D eigenvalue weighted by Crippen LogP contribution is -2.40. The van der Waals surface area contributed by atoms with E-state index in [0.29, 0.717) is 31.2 Å². The first-order valence-electron chi connectivity index (χ1n) is 10.1. The van der Waals surface area contributed by atoms with Crippen molar-refractivity contribution in [3.8, 4) is 17.1 Å². The van der Waals surface area contributed by atoms with E-state index >= 15 is 0 Å². The minimum atomic E-state index is -3.62. The average Bonchev–Trinajstić information content (AvgIpc) is 3.22. The van der Waals surface area contributed by atoms with Crippen molar-refractivity contribution in [3.63, 3.8) is 0 Å². The summed E-state index contributed by atoms with van der Waals surface area (Å²) in [6.45, 7) is 2.65. The predicted octanol–water partition coefficient (Wildman–Crippen LogP) is 3.84. The van der Waals surface area contributed by atoms with Gasteiger partial charge in [-0.3, -0.25) is 0 Å². The average molecular weight is 446 g/mol. The van der Waals surface area contributed by atoms with Crippen molar-refractivity contribution in [1.29, 1.82) is 0 Å². The van der Waals surface area contributed by atoms with Gasteiger partial charge in [0.25, 0.3) is 0 Å². The van der Waals surface area contributed by atoms with E-state index in [0.717, 1.165) is 18.4 Å². The maximum absolute atomic E-state index is 14.0. The molecule has 9 heteroatoms. The van der Waals surface area contributed by atoms with E-state index in [4.69, 9.17) is 9.26 Å². The molecule has 1 saturated heterocycles. The molecule has 164 valence electrons. The molecule has 3 aromatic rings. The van der Waals surface area contributed by atoms with Crippen molar-refractivity contribution >= 4 is 10.0 Å². The Morgan fingerprint density at radius 1 is 1.26 bits per heavy atom. The molecule has 31 heavy (non-hydrogen) atoms. The zero-order chi connectivity index (χ0) is 22.0. The molecule has 2 heterocycles. The van der Waals surface area contributed by atoms with E-state index in [1.165, 1.54) is 10.4 Å². The highest BCUT2D eigenvalue weighted by molar-refractivity contribution is 7.89. The van der Waals surface area contributed by atoms with Crippen LogP contribution in [0.1, 0.15) is 24.3 Å². The van der Waals surface area contributed by atoms with Crippen molar-refractivity contribution < 1.29 is 22.1 Å². The van der Waals surface area contributed by atoms with Crippen molar-refractivity contribution in [1.82, 2.24) is 14.4 Å². The molecule has 1 atom stereocenters. The summed E-state index contributed by atoms with van der Waals surface area (Å²) < 4.78 is 52.3. The second-order valence-electron chi connectivity index (χ2n) is 7.70. The van der Waals surface area contributed by atoms with Crippen LogP contribution in [0.25, 0.3) is 11.4 Å². The van der Waals surface area contributed by atoms with E-state index < -0.39 is 15.8 Å². The second kappa shape index (κ2) is 8.76. The van der Waals surface area contributed by atoms with Gasteiger partial charge in [-0.25, -0.2) is 12.8 Å². The van der Waals surface area contributed by atoms with Gasteiger partial charge >= 0.3 is 0 Å². The van der Waals surface area contributed by atoms with Crippen LogP contribution in [0, 0.1) is 18.7 Å². The van der Waals surface area contributed by atoms with Crippen LogP contribution >= 0.6 is 0 Å². The number of hydrogen-bond donors (Lipinski definition) is 0. The maximum Gasteiger partial charge on any atom is 0.243 e. The molecule has 1 fully saturated rings. The molecule has 0 saturated carbocycles. The van der Waals surface area contributed by atoms with Crippen LogP contribution in [0.5, 0.6) is 5.75 Å². The van der Waals surface area contributed by atoms with Crippen molar-refractivity contribution in [2.45, 2.75) is 31.1 Å². The Bertz CT molecular complexity index is 1180. The highest BCUT2D eigenvalue weighted by Crippen LogP contribution is 2.29. The lowest BCUT2D eigenvalue weighted by Gasteiger charge is -2.31. The fraction of sp³-hybridized carbons (Fsp3) is 0.364. The number of hydrogen-bond acceptors (Lipinski definition) is 6. The molecule has 1 unspecified atom stereocenters. The summed E-state index contributed by atoms with van der Waals surface area (Å²) in [5, 5.41) is 3.88. The van der Waals surface area contributed by atoms with Gasteiger partial charge in [0.15, 0.2) is 0 Å². The van der Waals surface area contributed by atoms with E-state index in [-0.39, 0.29) is 22.2 Å². The van der Waals surface area contributed by atoms with Crippen molar-refractivity contribution in [2.75, 3.05) is 20.2 Å². The van der Waals surface area contributed by atoms with Crippen LogP contribution in [0.4, 0.5) is 4.39 Å². The molecule has 1 aromatic heterocycles. The van der Waals surface area contributed by atoms with Gasteiger partial charge in [0, 0.05) is 19.5 Å². The van der Waals surface area contributed by atoms with Crippen LogP contribution < -0.4 is 4.74 Å². The van der Waals surface area contributed by atoms with Gasteiger partial charge in [-0.05, 0) is 61.6 Å². The van der Waals surface area contributed by atoms with Gasteiger partial charge in [0.05, 0.1) is 17.6 Å². The van der Waals surface area contributed by atoms with Crippen LogP contribution in [0.2, 0.25) is 0 Å². The summed E-state index contributed by atoms with van der Waals surface area (Å²) in [6.07, 6.45) is 2.04. The molecule has 1 aliphatic rings. The number of piperidine rings is 1. The lowest BCUT2D eigenvalue weighted by molar-refractivity contribution is 0.247. The van der Waals surface area contributed by atoms with Crippen LogP contribution in [-0.4, -0.2) is 43.1 Å². The van der Waals surface area contributed by atoms with E-state index in [1.807, 2.05) is 6.92 Å². The molecule has 0 N–H and O–H groups in total. The smallest absolute Gasteiger partial charge is 0.243 e. The summed E-state index contributed by atoms with van der Waals surface area (Å²) in [6, 6.07) is 11.1. The van der Waals surface area contributed by atoms with Gasteiger partial charge in [-0.15, -0.1) is 0 Å². The van der Waals surface area contributed by atoms with E-state index in [2.05, 4.69) is 10.1 Å². The third kappa shape index (κ3) is 4.47. The molecular formula is C22H24FN3O4S.